The minimum absolute atomic E-state index is 0.380. The van der Waals surface area contributed by atoms with Gasteiger partial charge in [-0.05, 0) is 72.8 Å². The van der Waals surface area contributed by atoms with E-state index in [2.05, 4.69) is 31.3 Å². The predicted octanol–water partition coefficient (Wildman–Crippen LogP) is 14.7. The maximum absolute atomic E-state index is 9.16. The van der Waals surface area contributed by atoms with E-state index in [4.69, 9.17) is 57.3 Å². The molecule has 354 valence electrons. The van der Waals surface area contributed by atoms with E-state index in [1.165, 1.54) is 0 Å². The van der Waals surface area contributed by atoms with Gasteiger partial charge in [-0.3, -0.25) is 0 Å². The fraction of sp³-hybridized carbons (Fsp3) is 0. The van der Waals surface area contributed by atoms with Crippen LogP contribution in [0, 0.1) is 0 Å². The first-order valence-corrected chi connectivity index (χ1v) is 25.7. The fourth-order valence-corrected chi connectivity index (χ4v) is 8.66. The monoisotopic (exact) mass is 1020 g/mol. The highest BCUT2D eigenvalue weighted by molar-refractivity contribution is 8.31. The van der Waals surface area contributed by atoms with Crippen molar-refractivity contribution in [1.82, 2.24) is 39.9 Å². The minimum atomic E-state index is -3.72. The van der Waals surface area contributed by atoms with Crippen LogP contribution in [0.15, 0.2) is 194 Å². The number of ether oxygens (including phenoxy) is 4. The summed E-state index contributed by atoms with van der Waals surface area (Å²) in [5, 5.41) is 2.87. The first-order valence-electron chi connectivity index (χ1n) is 22.6. The Morgan fingerprint density at radius 1 is 0.329 bits per heavy atom. The molecule has 14 nitrogen and oxygen atoms in total. The van der Waals surface area contributed by atoms with Gasteiger partial charge in [0.1, 0.15) is 68.6 Å². The molecule has 0 saturated heterocycles. The fourth-order valence-electron chi connectivity index (χ4n) is 8.66. The van der Waals surface area contributed by atoms with E-state index < -0.39 is 8.26 Å². The van der Waals surface area contributed by atoms with Crippen LogP contribution in [0.3, 0.4) is 0 Å². The zero-order valence-corrected chi connectivity index (χ0v) is 40.1. The number of fused-ring (bicyclic) bond motifs is 20. The van der Waals surface area contributed by atoms with Gasteiger partial charge in [-0.1, -0.05) is 121 Å². The molecule has 0 unspecified atom stereocenters. The summed E-state index contributed by atoms with van der Waals surface area (Å²) < 4.78 is 44.7. The van der Waals surface area contributed by atoms with Gasteiger partial charge in [0, 0.05) is 43.3 Å². The van der Waals surface area contributed by atoms with Gasteiger partial charge in [0.2, 0.25) is 0 Å². The number of nitrogens with zero attached hydrogens (tertiary/aromatic N) is 6. The summed E-state index contributed by atoms with van der Waals surface area (Å²) in [7, 11) is 4.81. The van der Waals surface area contributed by atoms with Gasteiger partial charge < -0.3 is 28.9 Å². The number of para-hydroxylation sites is 4. The Kier molecular flexibility index (Phi) is 11.6. The normalized spacial score (nSPS) is 11.5. The number of aromatic nitrogens is 8. The Morgan fingerprint density at radius 3 is 0.986 bits per heavy atom. The van der Waals surface area contributed by atoms with E-state index in [-0.39, 0.29) is 0 Å². The van der Waals surface area contributed by atoms with Crippen molar-refractivity contribution in [3.05, 3.63) is 194 Å². The van der Waals surface area contributed by atoms with E-state index >= 15 is 0 Å². The molecule has 73 heavy (non-hydrogen) atoms. The first-order chi connectivity index (χ1) is 35.7. The lowest BCUT2D eigenvalue weighted by Gasteiger charge is -2.10. The molecule has 5 heterocycles. The highest BCUT2D eigenvalue weighted by Crippen LogP contribution is 2.46. The maximum Gasteiger partial charge on any atom is 0.317 e. The number of hydrogen-bond donors (Lipinski definition) is 2. The zero-order chi connectivity index (χ0) is 49.5. The van der Waals surface area contributed by atoms with E-state index in [0.29, 0.717) is 125 Å². The molecular weight excluding hydrogens is 984 g/mol. The van der Waals surface area contributed by atoms with Gasteiger partial charge in [0.25, 0.3) is 0 Å². The zero-order valence-electron chi connectivity index (χ0n) is 37.8. The van der Waals surface area contributed by atoms with Crippen molar-refractivity contribution in [3.8, 4) is 91.5 Å². The summed E-state index contributed by atoms with van der Waals surface area (Å²) in [5.41, 5.74) is 4.68. The van der Waals surface area contributed by atoms with Crippen LogP contribution in [0.25, 0.3) is 89.7 Å². The average Bonchev–Trinajstić information content (AvgIpc) is 4.14. The molecule has 2 aliphatic heterocycles. The summed E-state index contributed by atoms with van der Waals surface area (Å²) in [6, 6.07) is 61.8. The van der Waals surface area contributed by atoms with E-state index in [1.807, 2.05) is 194 Å². The number of halogens is 2. The Balaban J connectivity index is 0.00000104. The van der Waals surface area contributed by atoms with Crippen LogP contribution in [0.5, 0.6) is 46.0 Å². The second-order valence-electron chi connectivity index (χ2n) is 16.4. The van der Waals surface area contributed by atoms with Crippen molar-refractivity contribution in [2.75, 3.05) is 0 Å². The second kappa shape index (κ2) is 18.9. The lowest BCUT2D eigenvalue weighted by atomic mass is 10.1. The van der Waals surface area contributed by atoms with Crippen LogP contribution >= 0.6 is 21.4 Å². The molecule has 8 bridgehead atoms. The van der Waals surface area contributed by atoms with Crippen molar-refractivity contribution >= 4 is 73.8 Å². The minimum Gasteiger partial charge on any atom is -0.457 e. The molecule has 0 amide bonds. The average molecular weight is 1020 g/mol. The largest absolute Gasteiger partial charge is 0.457 e. The third kappa shape index (κ3) is 9.22. The van der Waals surface area contributed by atoms with Gasteiger partial charge in [-0.2, -0.15) is 8.42 Å². The van der Waals surface area contributed by atoms with E-state index in [0.717, 1.165) is 10.8 Å². The third-order valence-electron chi connectivity index (χ3n) is 11.7. The summed E-state index contributed by atoms with van der Waals surface area (Å²) >= 11 is 0. The Morgan fingerprint density at radius 2 is 0.630 bits per heavy atom. The molecule has 2 aliphatic rings. The van der Waals surface area contributed by atoms with Crippen molar-refractivity contribution in [2.24, 2.45) is 0 Å². The number of H-pyrrole nitrogens is 2. The van der Waals surface area contributed by atoms with Crippen molar-refractivity contribution in [1.29, 1.82) is 0 Å². The highest BCUT2D eigenvalue weighted by atomic mass is 36.0. The van der Waals surface area contributed by atoms with Crippen molar-refractivity contribution in [2.45, 2.75) is 0 Å². The number of hydrogen-bond acceptors (Lipinski definition) is 12. The smallest absolute Gasteiger partial charge is 0.317 e. The van der Waals surface area contributed by atoms with Gasteiger partial charge in [-0.15, -0.1) is 0 Å². The molecule has 0 radical (unpaired) electrons. The first kappa shape index (κ1) is 45.0. The molecule has 0 spiro atoms. The maximum atomic E-state index is 9.16. The Labute approximate surface area is 424 Å². The standard InChI is InChI=1S/C56H34N8O4.Cl2O2S/c1-5-17-33(18-6-1)65-41-29-13-25-37-45(41)53-57-49(37)62-54-47-39(27-15-31-43(47)67-35-21-9-3-10-22-35)51(59-54)64-56-48-40(28-16-32-44(48)68-36-23-11-4-12-24-36)52(60-56)63-55-46-38(50(58-55)61-53)26-14-30-42(46)66-34-19-7-2-8-20-34;1-5(2,3)4/h1-32H,(H2,57,58,59,60,61,62,63,64);. The summed E-state index contributed by atoms with van der Waals surface area (Å²) in [4.78, 5) is 38.8. The van der Waals surface area contributed by atoms with Crippen LogP contribution in [-0.4, -0.2) is 48.3 Å². The van der Waals surface area contributed by atoms with Crippen LogP contribution < -0.4 is 18.9 Å². The molecule has 0 atom stereocenters. The van der Waals surface area contributed by atoms with Gasteiger partial charge in [0.05, 0.1) is 21.9 Å². The van der Waals surface area contributed by atoms with Crippen molar-refractivity contribution < 1.29 is 27.4 Å². The summed E-state index contributed by atoms with van der Waals surface area (Å²) in [6.45, 7) is 0. The topological polar surface area (TPSA) is 180 Å². The number of aromatic amines is 2. The molecule has 0 fully saturated rings. The molecule has 8 aromatic carbocycles. The summed E-state index contributed by atoms with van der Waals surface area (Å²) in [6.07, 6.45) is 0. The molecule has 3 aromatic heterocycles. The lowest BCUT2D eigenvalue weighted by Crippen LogP contribution is -1.90. The lowest BCUT2D eigenvalue weighted by molar-refractivity contribution is 0.484. The predicted molar refractivity (Wildman–Crippen MR) is 283 cm³/mol. The van der Waals surface area contributed by atoms with E-state index in [1.54, 1.807) is 0 Å². The highest BCUT2D eigenvalue weighted by Gasteiger charge is 2.28. The van der Waals surface area contributed by atoms with Gasteiger partial charge >= 0.3 is 8.26 Å². The van der Waals surface area contributed by atoms with Crippen molar-refractivity contribution in [3.63, 3.8) is 0 Å². The van der Waals surface area contributed by atoms with Gasteiger partial charge in [-0.25, -0.2) is 29.9 Å². The molecular formula is C56H34Cl2N8O6S. The summed E-state index contributed by atoms with van der Waals surface area (Å²) in [5.74, 6) is 6.47. The number of nitrogens with one attached hydrogen (secondary N) is 2. The molecule has 0 saturated carbocycles. The van der Waals surface area contributed by atoms with Crippen LogP contribution in [-0.2, 0) is 8.26 Å². The third-order valence-corrected chi connectivity index (χ3v) is 11.7. The molecule has 13 rings (SSSR count). The number of benzene rings is 8. The molecule has 17 heteroatoms. The molecule has 11 aromatic rings. The molecule has 0 aliphatic carbocycles. The van der Waals surface area contributed by atoms with Crippen LogP contribution in [0.1, 0.15) is 0 Å². The molecule has 2 N–H and O–H groups in total. The van der Waals surface area contributed by atoms with E-state index in [9.17, 15) is 0 Å². The Hall–Kier alpha value is -9.15. The van der Waals surface area contributed by atoms with Gasteiger partial charge in [0.15, 0.2) is 23.3 Å². The second-order valence-corrected chi connectivity index (χ2v) is 20.0. The van der Waals surface area contributed by atoms with Crippen LogP contribution in [0.4, 0.5) is 0 Å². The SMILES string of the molecule is O=S(=O)(Cl)Cl.c1ccc(Oc2cccc3c2-c2nc-3nc3[nH]c(nc4nc(nc5[nH]c(n2)c2cccc(Oc6ccccc6)c52)-c2cccc(Oc5ccccc5)c2-4)c2cccc(Oc4ccccc4)c32)cc1. The quantitative estimate of drug-likeness (QED) is 0.138. The number of rotatable bonds is 8. The van der Waals surface area contributed by atoms with Crippen LogP contribution in [0.2, 0.25) is 0 Å². The Bertz CT molecular complexity index is 3940.